The van der Waals surface area contributed by atoms with Gasteiger partial charge < -0.3 is 14.7 Å². The molecule has 0 bridgehead atoms. The summed E-state index contributed by atoms with van der Waals surface area (Å²) in [5, 5.41) is 7.53. The van der Waals surface area contributed by atoms with E-state index in [1.165, 1.54) is 12.8 Å². The first-order chi connectivity index (χ1) is 13.3. The van der Waals surface area contributed by atoms with Gasteiger partial charge in [-0.05, 0) is 57.5 Å². The summed E-state index contributed by atoms with van der Waals surface area (Å²) in [5.74, 6) is 2.08. The summed E-state index contributed by atoms with van der Waals surface area (Å²) in [6, 6.07) is 9.75. The van der Waals surface area contributed by atoms with Gasteiger partial charge in [0.1, 0.15) is 6.04 Å². The molecule has 2 fully saturated rings. The van der Waals surface area contributed by atoms with Gasteiger partial charge in [-0.3, -0.25) is 4.79 Å². The van der Waals surface area contributed by atoms with Crippen LogP contribution in [0.25, 0.3) is 11.4 Å². The number of carbonyl (C=O) groups is 1. The smallest absolute Gasteiger partial charge is 0.249 e. The zero-order valence-electron chi connectivity index (χ0n) is 15.8. The summed E-state index contributed by atoms with van der Waals surface area (Å²) in [6.07, 6.45) is 7.02. The van der Waals surface area contributed by atoms with Crippen LogP contribution in [0, 0.1) is 5.92 Å². The molecule has 4 rings (SSSR count). The normalized spacial score (nSPS) is 21.3. The van der Waals surface area contributed by atoms with E-state index in [4.69, 9.17) is 4.52 Å². The molecule has 0 radical (unpaired) electrons. The van der Waals surface area contributed by atoms with Crippen LogP contribution < -0.4 is 5.32 Å². The zero-order chi connectivity index (χ0) is 18.5. The van der Waals surface area contributed by atoms with Gasteiger partial charge in [-0.2, -0.15) is 4.98 Å². The molecule has 144 valence electrons. The fourth-order valence-corrected chi connectivity index (χ4v) is 4.20. The fourth-order valence-electron chi connectivity index (χ4n) is 4.20. The molecule has 0 saturated carbocycles. The molecular weight excluding hydrogens is 340 g/mol. The molecule has 2 aromatic rings. The number of benzene rings is 1. The molecule has 1 N–H and O–H groups in total. The van der Waals surface area contributed by atoms with Gasteiger partial charge >= 0.3 is 0 Å². The van der Waals surface area contributed by atoms with Crippen LogP contribution in [0.15, 0.2) is 34.9 Å². The SMILES string of the molecule is O=C(CCC1CCNCC1)N1CCCCC1c1nc(-c2ccccc2)no1. The van der Waals surface area contributed by atoms with Crippen LogP contribution in [0.1, 0.15) is 56.9 Å². The number of hydrogen-bond donors (Lipinski definition) is 1. The first-order valence-corrected chi connectivity index (χ1v) is 10.2. The van der Waals surface area contributed by atoms with Crippen molar-refractivity contribution in [2.45, 2.75) is 51.0 Å². The molecule has 27 heavy (non-hydrogen) atoms. The second-order valence-electron chi connectivity index (χ2n) is 7.65. The molecule has 2 aliphatic rings. The first kappa shape index (κ1) is 18.2. The maximum Gasteiger partial charge on any atom is 0.249 e. The third-order valence-electron chi connectivity index (χ3n) is 5.81. The summed E-state index contributed by atoms with van der Waals surface area (Å²) in [6.45, 7) is 2.95. The number of amides is 1. The Kier molecular flexibility index (Phi) is 5.82. The van der Waals surface area contributed by atoms with Crippen molar-refractivity contribution in [3.63, 3.8) is 0 Å². The number of hydrogen-bond acceptors (Lipinski definition) is 5. The van der Waals surface area contributed by atoms with Crippen LogP contribution in [0.4, 0.5) is 0 Å². The molecule has 2 aliphatic heterocycles. The van der Waals surface area contributed by atoms with Crippen molar-refractivity contribution >= 4 is 5.91 Å². The van der Waals surface area contributed by atoms with Crippen LogP contribution in [0.3, 0.4) is 0 Å². The van der Waals surface area contributed by atoms with E-state index in [1.54, 1.807) is 0 Å². The van der Waals surface area contributed by atoms with Gasteiger partial charge in [0.05, 0.1) is 0 Å². The van der Waals surface area contributed by atoms with E-state index in [1.807, 2.05) is 35.2 Å². The summed E-state index contributed by atoms with van der Waals surface area (Å²) in [5.41, 5.74) is 0.937. The van der Waals surface area contributed by atoms with Gasteiger partial charge in [0.2, 0.25) is 17.6 Å². The predicted molar refractivity (Wildman–Crippen MR) is 103 cm³/mol. The van der Waals surface area contributed by atoms with Crippen LogP contribution in [-0.2, 0) is 4.79 Å². The van der Waals surface area contributed by atoms with Crippen LogP contribution in [0.2, 0.25) is 0 Å². The van der Waals surface area contributed by atoms with Crippen LogP contribution >= 0.6 is 0 Å². The van der Waals surface area contributed by atoms with E-state index < -0.39 is 0 Å². The Morgan fingerprint density at radius 3 is 2.78 bits per heavy atom. The monoisotopic (exact) mass is 368 g/mol. The Balaban J connectivity index is 1.42. The zero-order valence-corrected chi connectivity index (χ0v) is 15.8. The number of carbonyl (C=O) groups excluding carboxylic acids is 1. The summed E-state index contributed by atoms with van der Waals surface area (Å²) in [4.78, 5) is 19.5. The average molecular weight is 368 g/mol. The maximum absolute atomic E-state index is 12.9. The molecule has 6 heteroatoms. The molecule has 6 nitrogen and oxygen atoms in total. The third-order valence-corrected chi connectivity index (χ3v) is 5.81. The number of aromatic nitrogens is 2. The largest absolute Gasteiger partial charge is 0.337 e. The summed E-state index contributed by atoms with van der Waals surface area (Å²) >= 11 is 0. The molecule has 0 spiro atoms. The Labute approximate surface area is 160 Å². The number of rotatable bonds is 5. The second kappa shape index (κ2) is 8.65. The minimum atomic E-state index is -0.0794. The summed E-state index contributed by atoms with van der Waals surface area (Å²) in [7, 11) is 0. The first-order valence-electron chi connectivity index (χ1n) is 10.2. The van der Waals surface area contributed by atoms with Crippen molar-refractivity contribution in [1.82, 2.24) is 20.4 Å². The molecule has 1 unspecified atom stereocenters. The Morgan fingerprint density at radius 2 is 1.96 bits per heavy atom. The maximum atomic E-state index is 12.9. The van der Waals surface area contributed by atoms with Gasteiger partial charge in [-0.1, -0.05) is 35.5 Å². The van der Waals surface area contributed by atoms with E-state index in [0.29, 0.717) is 24.1 Å². The molecular formula is C21H28N4O2. The van der Waals surface area contributed by atoms with Gasteiger partial charge in [0.15, 0.2) is 0 Å². The molecule has 2 saturated heterocycles. The van der Waals surface area contributed by atoms with Crippen molar-refractivity contribution in [2.24, 2.45) is 5.92 Å². The lowest BCUT2D eigenvalue weighted by Gasteiger charge is -2.34. The summed E-state index contributed by atoms with van der Waals surface area (Å²) < 4.78 is 5.57. The fraction of sp³-hybridized carbons (Fsp3) is 0.571. The van der Waals surface area contributed by atoms with Crippen molar-refractivity contribution in [3.8, 4) is 11.4 Å². The molecule has 3 heterocycles. The highest BCUT2D eigenvalue weighted by Crippen LogP contribution is 2.32. The van der Waals surface area contributed by atoms with Gasteiger partial charge in [0.25, 0.3) is 0 Å². The van der Waals surface area contributed by atoms with Gasteiger partial charge in [0, 0.05) is 18.5 Å². The molecule has 0 aliphatic carbocycles. The van der Waals surface area contributed by atoms with Crippen LogP contribution in [0.5, 0.6) is 0 Å². The van der Waals surface area contributed by atoms with E-state index in [2.05, 4.69) is 15.5 Å². The van der Waals surface area contributed by atoms with Crippen LogP contribution in [-0.4, -0.2) is 40.6 Å². The third kappa shape index (κ3) is 4.38. The Bertz CT molecular complexity index is 740. The Hall–Kier alpha value is -2.21. The molecule has 1 atom stereocenters. The Morgan fingerprint density at radius 1 is 1.15 bits per heavy atom. The lowest BCUT2D eigenvalue weighted by atomic mass is 9.92. The highest BCUT2D eigenvalue weighted by atomic mass is 16.5. The van der Waals surface area contributed by atoms with Crippen molar-refractivity contribution < 1.29 is 9.32 Å². The highest BCUT2D eigenvalue weighted by Gasteiger charge is 2.32. The molecule has 1 aromatic heterocycles. The number of likely N-dealkylation sites (tertiary alicyclic amines) is 1. The minimum absolute atomic E-state index is 0.0794. The van der Waals surface area contributed by atoms with E-state index in [9.17, 15) is 4.79 Å². The number of nitrogens with one attached hydrogen (secondary N) is 1. The van der Waals surface area contributed by atoms with Crippen molar-refractivity contribution in [1.29, 1.82) is 0 Å². The average Bonchev–Trinajstić information content (AvgIpc) is 3.23. The van der Waals surface area contributed by atoms with E-state index in [0.717, 1.165) is 50.9 Å². The quantitative estimate of drug-likeness (QED) is 0.873. The molecule has 1 amide bonds. The number of piperidine rings is 2. The lowest BCUT2D eigenvalue weighted by Crippen LogP contribution is -2.39. The number of nitrogens with zero attached hydrogens (tertiary/aromatic N) is 3. The topological polar surface area (TPSA) is 71.3 Å². The predicted octanol–water partition coefficient (Wildman–Crippen LogP) is 3.57. The van der Waals surface area contributed by atoms with E-state index in [-0.39, 0.29) is 11.9 Å². The molecule has 1 aromatic carbocycles. The highest BCUT2D eigenvalue weighted by molar-refractivity contribution is 5.76. The van der Waals surface area contributed by atoms with Gasteiger partial charge in [-0.15, -0.1) is 0 Å². The second-order valence-corrected chi connectivity index (χ2v) is 7.65. The van der Waals surface area contributed by atoms with E-state index >= 15 is 0 Å². The van der Waals surface area contributed by atoms with Gasteiger partial charge in [-0.25, -0.2) is 0 Å². The lowest BCUT2D eigenvalue weighted by molar-refractivity contribution is -0.136. The van der Waals surface area contributed by atoms with Crippen molar-refractivity contribution in [2.75, 3.05) is 19.6 Å². The standard InChI is InChI=1S/C21H28N4O2/c26-19(10-9-16-11-13-22-14-12-16)25-15-5-4-8-18(25)21-23-20(24-27-21)17-6-2-1-3-7-17/h1-3,6-7,16,18,22H,4-5,8-15H2. The minimum Gasteiger partial charge on any atom is -0.337 e. The van der Waals surface area contributed by atoms with Crippen molar-refractivity contribution in [3.05, 3.63) is 36.2 Å².